The molecule has 1 aliphatic carbocycles. The number of fused-ring (bicyclic) bond motifs is 1. The van der Waals surface area contributed by atoms with Gasteiger partial charge in [0.2, 0.25) is 5.91 Å². The zero-order chi connectivity index (χ0) is 23.5. The van der Waals surface area contributed by atoms with Crippen molar-refractivity contribution in [2.75, 3.05) is 39.9 Å². The molecule has 3 heterocycles. The number of benzene rings is 1. The zero-order valence-corrected chi connectivity index (χ0v) is 21.5. The lowest BCUT2D eigenvalue weighted by molar-refractivity contribution is -0.132. The first-order valence-electron chi connectivity index (χ1n) is 13.0. The lowest BCUT2D eigenvalue weighted by Crippen LogP contribution is -2.34. The van der Waals surface area contributed by atoms with Gasteiger partial charge in [0.25, 0.3) is 0 Å². The predicted octanol–water partition coefficient (Wildman–Crippen LogP) is 5.75. The molecule has 5 rings (SSSR count). The minimum absolute atomic E-state index is 0.272. The van der Waals surface area contributed by atoms with Crippen LogP contribution >= 0.6 is 11.3 Å². The standard InChI is InChI=1S/C28H38N2O3S/c1-20-9-10-26(34-20)23-15-24-18-30(27(31)14-21-6-3-4-7-21)12-13-32-28(24)25(16-23)33-19-22-8-5-11-29(2)17-22/h9-10,15-16,21-22H,3-8,11-14,17-19H2,1-2H3. The van der Waals surface area contributed by atoms with Crippen molar-refractivity contribution in [1.29, 1.82) is 0 Å². The van der Waals surface area contributed by atoms with Gasteiger partial charge in [-0.3, -0.25) is 4.79 Å². The van der Waals surface area contributed by atoms with E-state index in [0.717, 1.165) is 29.2 Å². The van der Waals surface area contributed by atoms with E-state index in [9.17, 15) is 4.79 Å². The number of aryl methyl sites for hydroxylation is 1. The molecule has 0 radical (unpaired) electrons. The van der Waals surface area contributed by atoms with Crippen LogP contribution in [0.2, 0.25) is 0 Å². The molecule has 184 valence electrons. The third-order valence-corrected chi connectivity index (χ3v) is 8.66. The van der Waals surface area contributed by atoms with Gasteiger partial charge in [-0.1, -0.05) is 12.8 Å². The number of amides is 1. The second-order valence-corrected chi connectivity index (χ2v) is 11.8. The van der Waals surface area contributed by atoms with Crippen molar-refractivity contribution in [3.05, 3.63) is 34.7 Å². The summed E-state index contributed by atoms with van der Waals surface area (Å²) in [6, 6.07) is 8.70. The zero-order valence-electron chi connectivity index (χ0n) is 20.7. The number of carbonyl (C=O) groups excluding carboxylic acids is 1. The minimum atomic E-state index is 0.272. The number of hydrogen-bond donors (Lipinski definition) is 0. The van der Waals surface area contributed by atoms with Crippen molar-refractivity contribution >= 4 is 17.2 Å². The highest BCUT2D eigenvalue weighted by molar-refractivity contribution is 7.15. The Bertz CT molecular complexity index is 998. The molecule has 2 fully saturated rings. The highest BCUT2D eigenvalue weighted by Crippen LogP contribution is 2.41. The molecule has 3 aliphatic rings. The van der Waals surface area contributed by atoms with Crippen LogP contribution in [0.3, 0.4) is 0 Å². The second kappa shape index (κ2) is 10.7. The van der Waals surface area contributed by atoms with E-state index < -0.39 is 0 Å². The molecule has 6 heteroatoms. The maximum absolute atomic E-state index is 13.2. The molecule has 5 nitrogen and oxygen atoms in total. The van der Waals surface area contributed by atoms with E-state index in [1.165, 1.54) is 54.8 Å². The summed E-state index contributed by atoms with van der Waals surface area (Å²) in [4.78, 5) is 20.1. The van der Waals surface area contributed by atoms with Crippen LogP contribution in [0.25, 0.3) is 10.4 Å². The van der Waals surface area contributed by atoms with Crippen LogP contribution in [0.1, 0.15) is 55.4 Å². The van der Waals surface area contributed by atoms with Crippen molar-refractivity contribution in [1.82, 2.24) is 9.80 Å². The predicted molar refractivity (Wildman–Crippen MR) is 138 cm³/mol. The monoisotopic (exact) mass is 482 g/mol. The molecule has 1 saturated carbocycles. The van der Waals surface area contributed by atoms with E-state index in [0.29, 0.717) is 44.6 Å². The van der Waals surface area contributed by atoms with E-state index in [4.69, 9.17) is 9.47 Å². The topological polar surface area (TPSA) is 42.0 Å². The number of nitrogens with zero attached hydrogens (tertiary/aromatic N) is 2. The van der Waals surface area contributed by atoms with Crippen molar-refractivity contribution in [3.8, 4) is 21.9 Å². The summed E-state index contributed by atoms with van der Waals surface area (Å²) >= 11 is 1.80. The fourth-order valence-electron chi connectivity index (χ4n) is 5.74. The first kappa shape index (κ1) is 23.7. The van der Waals surface area contributed by atoms with Gasteiger partial charge in [-0.25, -0.2) is 0 Å². The Kier molecular flexibility index (Phi) is 7.45. The van der Waals surface area contributed by atoms with Gasteiger partial charge in [-0.05, 0) is 81.9 Å². The second-order valence-electron chi connectivity index (χ2n) is 10.5. The number of rotatable bonds is 6. The fourth-order valence-corrected chi connectivity index (χ4v) is 6.60. The number of carbonyl (C=O) groups is 1. The van der Waals surface area contributed by atoms with Gasteiger partial charge in [-0.2, -0.15) is 0 Å². The molecular weight excluding hydrogens is 444 g/mol. The molecule has 0 bridgehead atoms. The Morgan fingerprint density at radius 2 is 1.94 bits per heavy atom. The van der Waals surface area contributed by atoms with Crippen molar-refractivity contribution in [3.63, 3.8) is 0 Å². The summed E-state index contributed by atoms with van der Waals surface area (Å²) in [6.45, 7) is 6.85. The van der Waals surface area contributed by atoms with Gasteiger partial charge in [-0.15, -0.1) is 11.3 Å². The van der Waals surface area contributed by atoms with Crippen molar-refractivity contribution in [2.45, 2.75) is 58.4 Å². The van der Waals surface area contributed by atoms with E-state index in [2.05, 4.69) is 43.1 Å². The van der Waals surface area contributed by atoms with Crippen LogP contribution < -0.4 is 9.47 Å². The molecule has 0 spiro atoms. The van der Waals surface area contributed by atoms with Crippen LogP contribution in [0.5, 0.6) is 11.5 Å². The summed E-state index contributed by atoms with van der Waals surface area (Å²) in [7, 11) is 2.19. The van der Waals surface area contributed by atoms with Crippen LogP contribution in [0, 0.1) is 18.8 Å². The minimum Gasteiger partial charge on any atom is -0.489 e. The number of thiophene rings is 1. The highest BCUT2D eigenvalue weighted by atomic mass is 32.1. The Labute approximate surface area is 208 Å². The normalized spacial score (nSPS) is 21.7. The summed E-state index contributed by atoms with van der Waals surface area (Å²) in [5.74, 6) is 3.03. The van der Waals surface area contributed by atoms with Crippen molar-refractivity contribution < 1.29 is 14.3 Å². The fraction of sp³-hybridized carbons (Fsp3) is 0.607. The average molecular weight is 483 g/mol. The maximum atomic E-state index is 13.2. The van der Waals surface area contributed by atoms with E-state index in [1.54, 1.807) is 11.3 Å². The number of hydrogen-bond acceptors (Lipinski definition) is 5. The number of piperidine rings is 1. The van der Waals surface area contributed by atoms with Crippen LogP contribution in [0.15, 0.2) is 24.3 Å². The first-order chi connectivity index (χ1) is 16.5. The molecular formula is C28H38N2O3S. The molecule has 1 atom stereocenters. The van der Waals surface area contributed by atoms with Crippen LogP contribution in [-0.2, 0) is 11.3 Å². The lowest BCUT2D eigenvalue weighted by atomic mass is 9.99. The Morgan fingerprint density at radius 3 is 2.71 bits per heavy atom. The Balaban J connectivity index is 1.39. The smallest absolute Gasteiger partial charge is 0.223 e. The van der Waals surface area contributed by atoms with Gasteiger partial charge >= 0.3 is 0 Å². The van der Waals surface area contributed by atoms with Crippen LogP contribution in [-0.4, -0.2) is 55.6 Å². The van der Waals surface area contributed by atoms with Gasteiger partial charge in [0.05, 0.1) is 13.2 Å². The molecule has 1 aromatic heterocycles. The Hall–Kier alpha value is -2.05. The van der Waals surface area contributed by atoms with Crippen molar-refractivity contribution in [2.24, 2.45) is 11.8 Å². The number of ether oxygens (including phenoxy) is 2. The molecule has 2 aliphatic heterocycles. The third-order valence-electron chi connectivity index (χ3n) is 7.61. The molecule has 1 amide bonds. The van der Waals surface area contributed by atoms with Gasteiger partial charge in [0, 0.05) is 40.7 Å². The molecule has 0 N–H and O–H groups in total. The summed E-state index contributed by atoms with van der Waals surface area (Å²) in [5, 5.41) is 0. The molecule has 2 aromatic rings. The lowest BCUT2D eigenvalue weighted by Gasteiger charge is -2.29. The summed E-state index contributed by atoms with van der Waals surface area (Å²) < 4.78 is 12.7. The molecule has 1 unspecified atom stereocenters. The maximum Gasteiger partial charge on any atom is 0.223 e. The molecule has 34 heavy (non-hydrogen) atoms. The summed E-state index contributed by atoms with van der Waals surface area (Å²) in [6.07, 6.45) is 8.05. The van der Waals surface area contributed by atoms with Gasteiger partial charge < -0.3 is 19.3 Å². The molecule has 1 aromatic carbocycles. The number of likely N-dealkylation sites (tertiary alicyclic amines) is 1. The summed E-state index contributed by atoms with van der Waals surface area (Å²) in [5.41, 5.74) is 2.22. The average Bonchev–Trinajstić information content (AvgIpc) is 3.44. The third kappa shape index (κ3) is 5.60. The largest absolute Gasteiger partial charge is 0.489 e. The van der Waals surface area contributed by atoms with E-state index >= 15 is 0 Å². The van der Waals surface area contributed by atoms with Crippen LogP contribution in [0.4, 0.5) is 0 Å². The highest BCUT2D eigenvalue weighted by Gasteiger charge is 2.27. The van der Waals surface area contributed by atoms with Gasteiger partial charge in [0.15, 0.2) is 11.5 Å². The van der Waals surface area contributed by atoms with E-state index in [1.807, 2.05) is 4.90 Å². The molecule has 1 saturated heterocycles. The SMILES string of the molecule is Cc1ccc(-c2cc3c(c(OCC4CCCN(C)C4)c2)OCCN(C(=O)CC2CCCC2)C3)s1. The quantitative estimate of drug-likeness (QED) is 0.526. The first-order valence-corrected chi connectivity index (χ1v) is 13.8. The van der Waals surface area contributed by atoms with E-state index in [-0.39, 0.29) is 5.91 Å². The van der Waals surface area contributed by atoms with Gasteiger partial charge in [0.1, 0.15) is 6.61 Å². The Morgan fingerprint density at radius 1 is 1.12 bits per heavy atom.